The van der Waals surface area contributed by atoms with Gasteiger partial charge in [-0.1, -0.05) is 5.16 Å². The van der Waals surface area contributed by atoms with Gasteiger partial charge >= 0.3 is 0 Å². The molecular weight excluding hydrogens is 409 g/mol. The summed E-state index contributed by atoms with van der Waals surface area (Å²) in [4.78, 5) is 0. The monoisotopic (exact) mass is 432 g/mol. The number of aromatic nitrogens is 1. The Kier molecular flexibility index (Phi) is 6.23. The van der Waals surface area contributed by atoms with Crippen LogP contribution in [0, 0.1) is 18.7 Å². The van der Waals surface area contributed by atoms with Gasteiger partial charge in [-0.3, -0.25) is 0 Å². The SMILES string of the molecule is CCS(=O)(=O)N[C@H]1CCC(F)(F)C[C@@H]1COc1ccc(-c2cc(C)on2)cc1F. The zero-order valence-corrected chi connectivity index (χ0v) is 16.9. The highest BCUT2D eigenvalue weighted by molar-refractivity contribution is 7.89. The van der Waals surface area contributed by atoms with E-state index in [9.17, 15) is 21.6 Å². The molecule has 0 radical (unpaired) electrons. The van der Waals surface area contributed by atoms with Crippen molar-refractivity contribution in [3.63, 3.8) is 0 Å². The van der Waals surface area contributed by atoms with Crippen molar-refractivity contribution in [1.82, 2.24) is 9.88 Å². The molecule has 1 N–H and O–H groups in total. The van der Waals surface area contributed by atoms with E-state index in [2.05, 4.69) is 9.88 Å². The number of halogens is 3. The first-order chi connectivity index (χ1) is 13.6. The average molecular weight is 432 g/mol. The normalized spacial score (nSPS) is 21.8. The third-order valence-corrected chi connectivity index (χ3v) is 6.39. The predicted octanol–water partition coefficient (Wildman–Crippen LogP) is 3.91. The number of sulfonamides is 1. The Hall–Kier alpha value is -2.07. The van der Waals surface area contributed by atoms with Gasteiger partial charge < -0.3 is 9.26 Å². The first kappa shape index (κ1) is 21.6. The van der Waals surface area contributed by atoms with Gasteiger partial charge in [-0.25, -0.2) is 26.3 Å². The fourth-order valence-corrected chi connectivity index (χ4v) is 4.29. The van der Waals surface area contributed by atoms with Gasteiger partial charge in [0.15, 0.2) is 11.6 Å². The summed E-state index contributed by atoms with van der Waals surface area (Å²) < 4.78 is 78.8. The molecule has 0 saturated heterocycles. The maximum absolute atomic E-state index is 14.4. The van der Waals surface area contributed by atoms with Crippen molar-refractivity contribution in [2.45, 2.75) is 45.1 Å². The lowest BCUT2D eigenvalue weighted by atomic mass is 9.83. The molecule has 1 heterocycles. The summed E-state index contributed by atoms with van der Waals surface area (Å²) in [6.07, 6.45) is -0.935. The Morgan fingerprint density at radius 2 is 2.10 bits per heavy atom. The highest BCUT2D eigenvalue weighted by atomic mass is 32.2. The van der Waals surface area contributed by atoms with E-state index in [1.54, 1.807) is 19.1 Å². The summed E-state index contributed by atoms with van der Waals surface area (Å²) in [7, 11) is -3.56. The number of benzene rings is 1. The van der Waals surface area contributed by atoms with Crippen LogP contribution in [0.2, 0.25) is 0 Å². The minimum absolute atomic E-state index is 0.00676. The molecule has 1 aromatic carbocycles. The number of ether oxygens (including phenoxy) is 1. The molecule has 2 atom stereocenters. The van der Waals surface area contributed by atoms with Crippen molar-refractivity contribution in [1.29, 1.82) is 0 Å². The van der Waals surface area contributed by atoms with E-state index in [-0.39, 0.29) is 24.5 Å². The van der Waals surface area contributed by atoms with Crippen LogP contribution in [0.15, 0.2) is 28.8 Å². The van der Waals surface area contributed by atoms with Crippen LogP contribution in [0.25, 0.3) is 11.3 Å². The lowest BCUT2D eigenvalue weighted by Crippen LogP contribution is -2.48. The highest BCUT2D eigenvalue weighted by Gasteiger charge is 2.42. The number of hydrogen-bond acceptors (Lipinski definition) is 5. The van der Waals surface area contributed by atoms with Crippen molar-refractivity contribution in [3.05, 3.63) is 35.8 Å². The summed E-state index contributed by atoms with van der Waals surface area (Å²) >= 11 is 0. The summed E-state index contributed by atoms with van der Waals surface area (Å²) in [5, 5.41) is 3.81. The molecule has 1 aliphatic carbocycles. The zero-order valence-electron chi connectivity index (χ0n) is 16.1. The first-order valence-corrected chi connectivity index (χ1v) is 11.0. The summed E-state index contributed by atoms with van der Waals surface area (Å²) in [5.41, 5.74) is 0.957. The van der Waals surface area contributed by atoms with Crippen LogP contribution in [0.4, 0.5) is 13.2 Å². The molecule has 1 fully saturated rings. The molecule has 6 nitrogen and oxygen atoms in total. The van der Waals surface area contributed by atoms with E-state index >= 15 is 0 Å². The molecule has 0 unspecified atom stereocenters. The molecule has 1 aromatic heterocycles. The lowest BCUT2D eigenvalue weighted by molar-refractivity contribution is -0.0662. The number of hydrogen-bond donors (Lipinski definition) is 1. The van der Waals surface area contributed by atoms with Crippen LogP contribution in [0.5, 0.6) is 5.75 Å². The van der Waals surface area contributed by atoms with Gasteiger partial charge in [-0.05, 0) is 38.5 Å². The maximum Gasteiger partial charge on any atom is 0.248 e. The number of nitrogens with one attached hydrogen (secondary N) is 1. The van der Waals surface area contributed by atoms with Gasteiger partial charge in [0, 0.05) is 36.4 Å². The van der Waals surface area contributed by atoms with E-state index in [0.717, 1.165) is 0 Å². The Morgan fingerprint density at radius 1 is 1.34 bits per heavy atom. The van der Waals surface area contributed by atoms with Crippen molar-refractivity contribution < 1.29 is 30.8 Å². The second-order valence-electron chi connectivity index (χ2n) is 7.27. The van der Waals surface area contributed by atoms with Crippen LogP contribution >= 0.6 is 0 Å². The standard InChI is InChI=1S/C19H23F3N2O4S/c1-3-29(25,26)24-16-6-7-19(21,22)10-14(16)11-27-18-5-4-13(9-15(18)20)17-8-12(2)28-23-17/h4-5,8-9,14,16,24H,3,6-7,10-11H2,1-2H3/t14-,16+/m1/s1. The Labute approximate surface area is 167 Å². The minimum atomic E-state index is -3.56. The van der Waals surface area contributed by atoms with Crippen LogP contribution in [-0.4, -0.2) is 37.9 Å². The van der Waals surface area contributed by atoms with Gasteiger partial charge in [0.25, 0.3) is 0 Å². The molecule has 1 saturated carbocycles. The predicted molar refractivity (Wildman–Crippen MR) is 101 cm³/mol. The molecular formula is C19H23F3N2O4S. The van der Waals surface area contributed by atoms with E-state index in [1.165, 1.54) is 19.1 Å². The molecule has 160 valence electrons. The molecule has 10 heteroatoms. The van der Waals surface area contributed by atoms with Crippen LogP contribution in [-0.2, 0) is 10.0 Å². The molecule has 3 rings (SSSR count). The number of aryl methyl sites for hydroxylation is 1. The van der Waals surface area contributed by atoms with E-state index in [0.29, 0.717) is 17.0 Å². The number of rotatable bonds is 7. The fraction of sp³-hybridized carbons (Fsp3) is 0.526. The van der Waals surface area contributed by atoms with E-state index in [4.69, 9.17) is 9.26 Å². The van der Waals surface area contributed by atoms with Crippen molar-refractivity contribution >= 4 is 10.0 Å². The second kappa shape index (κ2) is 8.35. The maximum atomic E-state index is 14.4. The second-order valence-corrected chi connectivity index (χ2v) is 9.31. The van der Waals surface area contributed by atoms with Gasteiger partial charge in [-0.2, -0.15) is 0 Å². The van der Waals surface area contributed by atoms with E-state index in [1.807, 2.05) is 0 Å². The van der Waals surface area contributed by atoms with Crippen molar-refractivity contribution in [3.8, 4) is 17.0 Å². The van der Waals surface area contributed by atoms with Gasteiger partial charge in [0.2, 0.25) is 15.9 Å². The Morgan fingerprint density at radius 3 is 2.72 bits per heavy atom. The smallest absolute Gasteiger partial charge is 0.248 e. The van der Waals surface area contributed by atoms with Crippen LogP contribution in [0.1, 0.15) is 31.9 Å². The molecule has 0 aliphatic heterocycles. The topological polar surface area (TPSA) is 81.4 Å². The van der Waals surface area contributed by atoms with Crippen molar-refractivity contribution in [2.24, 2.45) is 5.92 Å². The third kappa shape index (κ3) is 5.51. The Bertz CT molecular complexity index is 962. The van der Waals surface area contributed by atoms with Crippen molar-refractivity contribution in [2.75, 3.05) is 12.4 Å². The zero-order chi connectivity index (χ0) is 21.2. The molecule has 0 bridgehead atoms. The van der Waals surface area contributed by atoms with Gasteiger partial charge in [-0.15, -0.1) is 0 Å². The number of alkyl halides is 2. The fourth-order valence-electron chi connectivity index (χ4n) is 3.35. The molecule has 1 aliphatic rings. The molecule has 29 heavy (non-hydrogen) atoms. The summed E-state index contributed by atoms with van der Waals surface area (Å²) in [6.45, 7) is 2.96. The molecule has 2 aromatic rings. The van der Waals surface area contributed by atoms with Crippen LogP contribution < -0.4 is 9.46 Å². The van der Waals surface area contributed by atoms with E-state index < -0.39 is 46.6 Å². The average Bonchev–Trinajstić information content (AvgIpc) is 3.09. The molecule has 0 spiro atoms. The quantitative estimate of drug-likeness (QED) is 0.718. The van der Waals surface area contributed by atoms with Gasteiger partial charge in [0.05, 0.1) is 12.4 Å². The number of nitrogens with zero attached hydrogens (tertiary/aromatic N) is 1. The first-order valence-electron chi connectivity index (χ1n) is 9.32. The largest absolute Gasteiger partial charge is 0.490 e. The third-order valence-electron chi connectivity index (χ3n) is 4.97. The lowest BCUT2D eigenvalue weighted by Gasteiger charge is -2.36. The highest BCUT2D eigenvalue weighted by Crippen LogP contribution is 2.37. The summed E-state index contributed by atoms with van der Waals surface area (Å²) in [5.74, 6) is -4.02. The minimum Gasteiger partial charge on any atom is -0.490 e. The summed E-state index contributed by atoms with van der Waals surface area (Å²) in [6, 6.07) is 5.17. The van der Waals surface area contributed by atoms with Gasteiger partial charge in [0.1, 0.15) is 11.5 Å². The molecule has 0 amide bonds. The van der Waals surface area contributed by atoms with Crippen LogP contribution in [0.3, 0.4) is 0 Å². The Balaban J connectivity index is 1.71.